The van der Waals surface area contributed by atoms with Crippen molar-refractivity contribution in [3.05, 3.63) is 0 Å². The molecule has 226 valence electrons. The lowest BCUT2D eigenvalue weighted by Crippen LogP contribution is -2.58. The van der Waals surface area contributed by atoms with Crippen molar-refractivity contribution in [1.82, 2.24) is 10.4 Å². The highest BCUT2D eigenvalue weighted by Crippen LogP contribution is 2.67. The van der Waals surface area contributed by atoms with Crippen molar-refractivity contribution in [3.8, 4) is 0 Å². The number of hydrazine groups is 1. The number of esters is 2. The maximum absolute atomic E-state index is 13.8. The van der Waals surface area contributed by atoms with E-state index in [4.69, 9.17) is 18.9 Å². The summed E-state index contributed by atoms with van der Waals surface area (Å²) in [5.41, 5.74) is 2.02. The number of carbonyl (C=O) groups is 4. The van der Waals surface area contributed by atoms with Crippen LogP contribution in [0.2, 0.25) is 0 Å². The zero-order valence-corrected chi connectivity index (χ0v) is 25.5. The number of rotatable bonds is 8. The summed E-state index contributed by atoms with van der Waals surface area (Å²) in [6.45, 7) is 16.5. The monoisotopic (exact) mass is 564 g/mol. The van der Waals surface area contributed by atoms with Gasteiger partial charge in [-0.15, -0.1) is 0 Å². The second kappa shape index (κ2) is 10.7. The molecule has 40 heavy (non-hydrogen) atoms. The summed E-state index contributed by atoms with van der Waals surface area (Å²) in [5.74, 6) is -0.706. The number of carbonyl (C=O) groups excluding carboxylic acids is 4. The minimum atomic E-state index is -1.48. The van der Waals surface area contributed by atoms with Crippen LogP contribution in [0.5, 0.6) is 0 Å². The molecule has 7 atom stereocenters. The second-order valence-corrected chi connectivity index (χ2v) is 13.7. The van der Waals surface area contributed by atoms with Crippen molar-refractivity contribution in [2.45, 2.75) is 119 Å². The number of nitrogens with one attached hydrogen (secondary N) is 1. The lowest BCUT2D eigenvalue weighted by molar-refractivity contribution is -0.157. The Bertz CT molecular complexity index is 1030. The van der Waals surface area contributed by atoms with Crippen LogP contribution >= 0.6 is 0 Å². The van der Waals surface area contributed by atoms with Gasteiger partial charge >= 0.3 is 24.1 Å². The Kier molecular flexibility index (Phi) is 8.15. The highest BCUT2D eigenvalue weighted by atomic mass is 16.6. The molecule has 4 rings (SSSR count). The lowest BCUT2D eigenvalue weighted by Gasteiger charge is -2.40. The van der Waals surface area contributed by atoms with Crippen molar-refractivity contribution in [3.63, 3.8) is 0 Å². The summed E-state index contributed by atoms with van der Waals surface area (Å²) in [5, 5.41) is 0.778. The molecule has 4 aliphatic carbocycles. The largest absolute Gasteiger partial charge is 0.466 e. The van der Waals surface area contributed by atoms with Gasteiger partial charge in [-0.25, -0.2) is 24.8 Å². The quantitative estimate of drug-likeness (QED) is 0.237. The number of amides is 2. The Morgan fingerprint density at radius 2 is 1.30 bits per heavy atom. The maximum Gasteiger partial charge on any atom is 0.429 e. The molecule has 2 amide bonds. The number of hydrogen-bond acceptors (Lipinski definition) is 8. The number of nitrogens with zero attached hydrogens (tertiary/aromatic N) is 1. The van der Waals surface area contributed by atoms with Gasteiger partial charge in [0, 0.05) is 10.8 Å². The first kappa shape index (κ1) is 30.4. The third-order valence-electron chi connectivity index (χ3n) is 11.9. The molecular weight excluding hydrogens is 516 g/mol. The second-order valence-electron chi connectivity index (χ2n) is 13.7. The van der Waals surface area contributed by atoms with Crippen molar-refractivity contribution < 1.29 is 38.1 Å². The van der Waals surface area contributed by atoms with Crippen molar-refractivity contribution in [2.75, 3.05) is 13.2 Å². The number of ether oxygens (including phenoxy) is 4. The fraction of sp³-hybridized carbons (Fsp3) is 0.867. The summed E-state index contributed by atoms with van der Waals surface area (Å²) < 4.78 is 22.2. The normalized spacial score (nSPS) is 35.1. The van der Waals surface area contributed by atoms with Crippen LogP contribution in [0.25, 0.3) is 0 Å². The highest BCUT2D eigenvalue weighted by molar-refractivity contribution is 5.87. The van der Waals surface area contributed by atoms with Gasteiger partial charge in [0.1, 0.15) is 12.2 Å². The Labute approximate surface area is 238 Å². The third-order valence-corrected chi connectivity index (χ3v) is 11.9. The maximum atomic E-state index is 13.8. The molecule has 0 heterocycles. The fourth-order valence-corrected chi connectivity index (χ4v) is 8.20. The predicted octanol–water partition coefficient (Wildman–Crippen LogP) is 5.38. The Morgan fingerprint density at radius 1 is 0.800 bits per heavy atom. The highest BCUT2D eigenvalue weighted by Gasteiger charge is 2.64. The summed E-state index contributed by atoms with van der Waals surface area (Å²) in [6.07, 6.45) is 2.42. The molecule has 0 aromatic heterocycles. The molecule has 4 saturated carbocycles. The van der Waals surface area contributed by atoms with Gasteiger partial charge in [-0.1, -0.05) is 41.5 Å². The van der Waals surface area contributed by atoms with Gasteiger partial charge < -0.3 is 18.9 Å². The molecule has 10 heteroatoms. The van der Waals surface area contributed by atoms with E-state index in [0.717, 1.165) is 37.1 Å². The topological polar surface area (TPSA) is 120 Å². The van der Waals surface area contributed by atoms with Gasteiger partial charge in [0.05, 0.1) is 19.6 Å². The average Bonchev–Trinajstić information content (AvgIpc) is 3.38. The van der Waals surface area contributed by atoms with Crippen LogP contribution in [0.15, 0.2) is 0 Å². The molecule has 0 aliphatic heterocycles. The number of fused-ring (bicyclic) bond motifs is 4. The van der Waals surface area contributed by atoms with Crippen LogP contribution in [-0.4, -0.2) is 60.6 Å². The van der Waals surface area contributed by atoms with E-state index >= 15 is 0 Å². The minimum absolute atomic E-state index is 0.0119. The molecule has 1 N–H and O–H groups in total. The van der Waals surface area contributed by atoms with Gasteiger partial charge in [-0.2, -0.15) is 0 Å². The van der Waals surface area contributed by atoms with E-state index in [-0.39, 0.29) is 41.0 Å². The SMILES string of the molecule is CCOC(=O)C[C@@H](C(=O)OCC)N(NC(=O)O[C@@H]1C[C@@H]2CC[C@@]1(C)C2(C)C)C(=O)O[C@@H]1C[C@@H]2CC[C@@]1(C)C2(C)C. The van der Waals surface area contributed by atoms with Gasteiger partial charge in [-0.3, -0.25) is 4.79 Å². The molecule has 0 unspecified atom stereocenters. The van der Waals surface area contributed by atoms with Gasteiger partial charge in [0.25, 0.3) is 0 Å². The summed E-state index contributed by atoms with van der Waals surface area (Å²) >= 11 is 0. The molecule has 4 bridgehead atoms. The Hall–Kier alpha value is -2.52. The average molecular weight is 565 g/mol. The van der Waals surface area contributed by atoms with E-state index in [2.05, 4.69) is 47.0 Å². The number of hydrogen-bond donors (Lipinski definition) is 1. The molecule has 0 aromatic carbocycles. The Morgan fingerprint density at radius 3 is 1.73 bits per heavy atom. The van der Waals surface area contributed by atoms with E-state index in [9.17, 15) is 19.2 Å². The molecule has 4 aliphatic rings. The first-order valence-corrected chi connectivity index (χ1v) is 14.9. The first-order valence-electron chi connectivity index (χ1n) is 14.9. The zero-order chi connectivity index (χ0) is 29.7. The predicted molar refractivity (Wildman–Crippen MR) is 146 cm³/mol. The molecule has 0 radical (unpaired) electrons. The molecule has 4 fully saturated rings. The van der Waals surface area contributed by atoms with E-state index < -0.39 is 42.7 Å². The first-order chi connectivity index (χ1) is 18.6. The van der Waals surface area contributed by atoms with Gasteiger partial charge in [-0.05, 0) is 75.0 Å². The van der Waals surface area contributed by atoms with Crippen LogP contribution in [-0.2, 0) is 28.5 Å². The summed E-state index contributed by atoms with van der Waals surface area (Å²) in [6, 6.07) is -1.48. The third kappa shape index (κ3) is 4.83. The zero-order valence-electron chi connectivity index (χ0n) is 25.5. The molecule has 0 saturated heterocycles. The van der Waals surface area contributed by atoms with E-state index in [0.29, 0.717) is 18.3 Å². The van der Waals surface area contributed by atoms with Gasteiger partial charge in [0.2, 0.25) is 0 Å². The minimum Gasteiger partial charge on any atom is -0.466 e. The summed E-state index contributed by atoms with van der Waals surface area (Å²) in [7, 11) is 0. The molecule has 10 nitrogen and oxygen atoms in total. The van der Waals surface area contributed by atoms with Crippen molar-refractivity contribution in [1.29, 1.82) is 0 Å². The van der Waals surface area contributed by atoms with Crippen LogP contribution in [0.1, 0.15) is 100 Å². The van der Waals surface area contributed by atoms with Crippen LogP contribution in [0.3, 0.4) is 0 Å². The molecule has 0 aromatic rings. The molecular formula is C30H48N2O8. The van der Waals surface area contributed by atoms with Crippen LogP contribution in [0, 0.1) is 33.5 Å². The van der Waals surface area contributed by atoms with Crippen molar-refractivity contribution >= 4 is 24.1 Å². The van der Waals surface area contributed by atoms with E-state index in [1.165, 1.54) is 0 Å². The smallest absolute Gasteiger partial charge is 0.429 e. The molecule has 0 spiro atoms. The summed E-state index contributed by atoms with van der Waals surface area (Å²) in [4.78, 5) is 52.6. The van der Waals surface area contributed by atoms with E-state index in [1.54, 1.807) is 13.8 Å². The lowest BCUT2D eigenvalue weighted by atomic mass is 9.70. The Balaban J connectivity index is 1.56. The standard InChI is InChI=1S/C30H48N2O8/c1-9-37-23(33)17-20(24(34)38-10-2)32(26(36)40-22-16-19-12-14-30(22,8)28(19,5)6)31-25(35)39-21-15-18-11-13-29(21,7)27(18,3)4/h18-22H,9-17H2,1-8H3,(H,31,35)/t18-,19-,20-,21+,22+,29+,30+/m0/s1. The van der Waals surface area contributed by atoms with Crippen molar-refractivity contribution in [2.24, 2.45) is 33.5 Å². The van der Waals surface area contributed by atoms with Gasteiger partial charge in [0.15, 0.2) is 6.04 Å². The van der Waals surface area contributed by atoms with E-state index in [1.807, 2.05) is 0 Å². The van der Waals surface area contributed by atoms with Crippen LogP contribution in [0.4, 0.5) is 9.59 Å². The van der Waals surface area contributed by atoms with Crippen LogP contribution < -0.4 is 5.43 Å². The fourth-order valence-electron chi connectivity index (χ4n) is 8.20.